The van der Waals surface area contributed by atoms with E-state index in [0.29, 0.717) is 42.6 Å². The molecule has 0 aliphatic carbocycles. The molecule has 2 aromatic carbocycles. The first-order chi connectivity index (χ1) is 16.6. The molecule has 34 heavy (non-hydrogen) atoms. The number of nitrogens with zero attached hydrogens (tertiary/aromatic N) is 3. The van der Waals surface area contributed by atoms with Crippen LogP contribution >= 0.6 is 0 Å². The fourth-order valence-corrected chi connectivity index (χ4v) is 4.31. The minimum atomic E-state index is -0.347. The predicted molar refractivity (Wildman–Crippen MR) is 127 cm³/mol. The number of methoxy groups -OCH3 is 4. The number of carbonyl (C=O) groups is 1. The first-order valence-corrected chi connectivity index (χ1v) is 11.2. The van der Waals surface area contributed by atoms with Crippen molar-refractivity contribution in [2.75, 3.05) is 61.3 Å². The summed E-state index contributed by atoms with van der Waals surface area (Å²) in [5, 5.41) is 6.38. The van der Waals surface area contributed by atoms with Crippen molar-refractivity contribution in [2.24, 2.45) is 5.10 Å². The summed E-state index contributed by atoms with van der Waals surface area (Å²) in [5.74, 6) is 2.60. The fraction of sp³-hybridized carbons (Fsp3) is 0.440. The van der Waals surface area contributed by atoms with E-state index >= 15 is 0 Å². The molecule has 0 aromatic heterocycles. The second-order valence-electron chi connectivity index (χ2n) is 8.07. The van der Waals surface area contributed by atoms with Gasteiger partial charge in [-0.1, -0.05) is 0 Å². The summed E-state index contributed by atoms with van der Waals surface area (Å²) in [6.45, 7) is 2.95. The Morgan fingerprint density at radius 1 is 0.941 bits per heavy atom. The van der Waals surface area contributed by atoms with Gasteiger partial charge in [0.15, 0.2) is 0 Å². The summed E-state index contributed by atoms with van der Waals surface area (Å²) in [6, 6.07) is 10.8. The van der Waals surface area contributed by atoms with Crippen LogP contribution in [0.4, 0.5) is 0 Å². The normalized spacial score (nSPS) is 18.4. The second kappa shape index (κ2) is 10.8. The van der Waals surface area contributed by atoms with Gasteiger partial charge in [-0.25, -0.2) is 5.01 Å². The van der Waals surface area contributed by atoms with E-state index in [2.05, 4.69) is 4.90 Å². The number of hydrogen-bond donors (Lipinski definition) is 0. The summed E-state index contributed by atoms with van der Waals surface area (Å²) in [5.41, 5.74) is 2.41. The molecular weight excluding hydrogens is 438 g/mol. The van der Waals surface area contributed by atoms with Crippen LogP contribution in [0.25, 0.3) is 0 Å². The number of hydrazone groups is 1. The van der Waals surface area contributed by atoms with E-state index < -0.39 is 0 Å². The van der Waals surface area contributed by atoms with Gasteiger partial charge in [-0.3, -0.25) is 9.69 Å². The van der Waals surface area contributed by atoms with Gasteiger partial charge in [-0.15, -0.1) is 0 Å². The van der Waals surface area contributed by atoms with Gasteiger partial charge in [-0.2, -0.15) is 5.10 Å². The van der Waals surface area contributed by atoms with E-state index in [1.165, 1.54) is 0 Å². The molecule has 1 fully saturated rings. The third kappa shape index (κ3) is 4.95. The molecule has 2 aliphatic heterocycles. The maximum atomic E-state index is 13.5. The monoisotopic (exact) mass is 469 g/mol. The Bertz CT molecular complexity index is 1050. The van der Waals surface area contributed by atoms with E-state index in [0.717, 1.165) is 29.9 Å². The van der Waals surface area contributed by atoms with Crippen LogP contribution in [0.5, 0.6) is 23.0 Å². The minimum Gasteiger partial charge on any atom is -0.497 e. The van der Waals surface area contributed by atoms with Crippen LogP contribution in [0.3, 0.4) is 0 Å². The Morgan fingerprint density at radius 2 is 1.62 bits per heavy atom. The highest BCUT2D eigenvalue weighted by Gasteiger charge is 2.36. The van der Waals surface area contributed by atoms with Crippen LogP contribution in [0.15, 0.2) is 41.5 Å². The number of morpholine rings is 1. The number of ether oxygens (including phenoxy) is 5. The molecule has 0 spiro atoms. The summed E-state index contributed by atoms with van der Waals surface area (Å²) in [6.07, 6.45) is 0.501. The lowest BCUT2D eigenvalue weighted by Gasteiger charge is -2.29. The van der Waals surface area contributed by atoms with Crippen molar-refractivity contribution in [3.8, 4) is 23.0 Å². The van der Waals surface area contributed by atoms with E-state index in [4.69, 9.17) is 28.8 Å². The Labute approximate surface area is 199 Å². The van der Waals surface area contributed by atoms with Crippen molar-refractivity contribution >= 4 is 11.6 Å². The molecular formula is C25H31N3O6. The maximum Gasteiger partial charge on any atom is 0.257 e. The Morgan fingerprint density at radius 3 is 2.29 bits per heavy atom. The SMILES string of the molecule is COc1ccc(C2=NN(C(=O)CN3CCOCC3)C(c3cc(OC)ccc3OC)C2)c(OC)c1. The van der Waals surface area contributed by atoms with Crippen LogP contribution in [-0.4, -0.2) is 82.8 Å². The topological polar surface area (TPSA) is 82.1 Å². The zero-order valence-corrected chi connectivity index (χ0v) is 20.1. The van der Waals surface area contributed by atoms with Crippen molar-refractivity contribution in [1.82, 2.24) is 9.91 Å². The number of rotatable bonds is 8. The van der Waals surface area contributed by atoms with Gasteiger partial charge in [-0.05, 0) is 30.3 Å². The molecule has 2 heterocycles. The average molecular weight is 470 g/mol. The Kier molecular flexibility index (Phi) is 7.54. The molecule has 2 aromatic rings. The van der Waals surface area contributed by atoms with E-state index in [9.17, 15) is 4.79 Å². The molecule has 182 valence electrons. The molecule has 0 radical (unpaired) electrons. The molecule has 1 amide bonds. The third-order valence-electron chi connectivity index (χ3n) is 6.14. The fourth-order valence-electron chi connectivity index (χ4n) is 4.31. The zero-order chi connectivity index (χ0) is 24.1. The molecule has 4 rings (SSSR count). The van der Waals surface area contributed by atoms with Gasteiger partial charge in [0.05, 0.1) is 60.0 Å². The van der Waals surface area contributed by atoms with Gasteiger partial charge in [0, 0.05) is 36.7 Å². The first-order valence-electron chi connectivity index (χ1n) is 11.2. The van der Waals surface area contributed by atoms with Gasteiger partial charge in [0.2, 0.25) is 0 Å². The van der Waals surface area contributed by atoms with Gasteiger partial charge in [0.25, 0.3) is 5.91 Å². The summed E-state index contributed by atoms with van der Waals surface area (Å²) < 4.78 is 27.5. The van der Waals surface area contributed by atoms with Crippen LogP contribution in [0, 0.1) is 0 Å². The Hall–Kier alpha value is -3.30. The van der Waals surface area contributed by atoms with Gasteiger partial charge < -0.3 is 23.7 Å². The molecule has 1 saturated heterocycles. The van der Waals surface area contributed by atoms with E-state index in [1.54, 1.807) is 33.4 Å². The molecule has 1 atom stereocenters. The summed E-state index contributed by atoms with van der Waals surface area (Å²) in [7, 11) is 6.45. The molecule has 0 bridgehead atoms. The predicted octanol–water partition coefficient (Wildman–Crippen LogP) is 2.73. The molecule has 0 saturated carbocycles. The zero-order valence-electron chi connectivity index (χ0n) is 20.1. The van der Waals surface area contributed by atoms with Crippen LogP contribution in [0.2, 0.25) is 0 Å². The highest BCUT2D eigenvalue weighted by atomic mass is 16.5. The van der Waals surface area contributed by atoms with Crippen molar-refractivity contribution in [3.05, 3.63) is 47.5 Å². The lowest BCUT2D eigenvalue weighted by atomic mass is 9.96. The smallest absolute Gasteiger partial charge is 0.257 e. The quantitative estimate of drug-likeness (QED) is 0.588. The van der Waals surface area contributed by atoms with Crippen molar-refractivity contribution < 1.29 is 28.5 Å². The van der Waals surface area contributed by atoms with E-state index in [1.807, 2.05) is 36.4 Å². The number of carbonyl (C=O) groups excluding carboxylic acids is 1. The second-order valence-corrected chi connectivity index (χ2v) is 8.07. The van der Waals surface area contributed by atoms with Crippen LogP contribution in [-0.2, 0) is 9.53 Å². The molecule has 9 nitrogen and oxygen atoms in total. The number of benzene rings is 2. The first kappa shape index (κ1) is 23.8. The molecule has 9 heteroatoms. The minimum absolute atomic E-state index is 0.0840. The van der Waals surface area contributed by atoms with Crippen molar-refractivity contribution in [1.29, 1.82) is 0 Å². The van der Waals surface area contributed by atoms with Crippen molar-refractivity contribution in [2.45, 2.75) is 12.5 Å². The van der Waals surface area contributed by atoms with Crippen molar-refractivity contribution in [3.63, 3.8) is 0 Å². The average Bonchev–Trinajstić information content (AvgIpc) is 3.33. The van der Waals surface area contributed by atoms with E-state index in [-0.39, 0.29) is 18.5 Å². The largest absolute Gasteiger partial charge is 0.497 e. The van der Waals surface area contributed by atoms with Crippen LogP contribution < -0.4 is 18.9 Å². The van der Waals surface area contributed by atoms with Crippen LogP contribution in [0.1, 0.15) is 23.6 Å². The highest BCUT2D eigenvalue weighted by molar-refractivity contribution is 6.05. The van der Waals surface area contributed by atoms with Gasteiger partial charge >= 0.3 is 0 Å². The lowest BCUT2D eigenvalue weighted by Crippen LogP contribution is -2.43. The molecule has 0 N–H and O–H groups in total. The lowest BCUT2D eigenvalue weighted by molar-refractivity contribution is -0.135. The molecule has 2 aliphatic rings. The van der Waals surface area contributed by atoms with Gasteiger partial charge in [0.1, 0.15) is 23.0 Å². The molecule has 1 unspecified atom stereocenters. The summed E-state index contributed by atoms with van der Waals surface area (Å²) in [4.78, 5) is 15.6. The maximum absolute atomic E-state index is 13.5. The highest BCUT2D eigenvalue weighted by Crippen LogP contribution is 2.40. The number of hydrogen-bond acceptors (Lipinski definition) is 8. The number of amides is 1. The summed E-state index contributed by atoms with van der Waals surface area (Å²) >= 11 is 0. The Balaban J connectivity index is 1.71. The standard InChI is InChI=1S/C25H31N3O6/c1-30-17-6-8-23(32-3)20(13-17)22-15-21(19-7-5-18(31-2)14-24(19)33-4)26-28(22)25(29)16-27-9-11-34-12-10-27/h5-8,13-14,22H,9-12,15-16H2,1-4H3. The third-order valence-corrected chi connectivity index (χ3v) is 6.14.